The van der Waals surface area contributed by atoms with Crippen LogP contribution in [0.5, 0.6) is 0 Å². The second kappa shape index (κ2) is 13.2. The van der Waals surface area contributed by atoms with Crippen LogP contribution in [-0.4, -0.2) is 52.6 Å². The van der Waals surface area contributed by atoms with Gasteiger partial charge in [0.25, 0.3) is 11.5 Å². The number of aromatic nitrogens is 2. The number of anilines is 1. The van der Waals surface area contributed by atoms with Gasteiger partial charge in [-0.25, -0.2) is 0 Å². The van der Waals surface area contributed by atoms with Crippen LogP contribution in [0.25, 0.3) is 0 Å². The van der Waals surface area contributed by atoms with E-state index in [0.29, 0.717) is 25.1 Å². The van der Waals surface area contributed by atoms with E-state index in [4.69, 9.17) is 15.7 Å². The molecule has 0 aromatic carbocycles. The Morgan fingerprint density at radius 3 is 2.79 bits per heavy atom. The van der Waals surface area contributed by atoms with Crippen LogP contribution in [0.15, 0.2) is 33.7 Å². The third kappa shape index (κ3) is 7.32. The van der Waals surface area contributed by atoms with Crippen molar-refractivity contribution in [2.75, 3.05) is 18.5 Å². The number of amides is 3. The molecule has 3 heterocycles. The number of hydrogen-bond acceptors (Lipinski definition) is 8. The first-order chi connectivity index (χ1) is 18.2. The highest BCUT2D eigenvalue weighted by Gasteiger charge is 2.30. The lowest BCUT2D eigenvalue weighted by Crippen LogP contribution is -2.43. The molecule has 3 rings (SSSR count). The molecule has 3 atom stereocenters. The number of hydrogen-bond donors (Lipinski definition) is 3. The smallest absolute Gasteiger partial charge is 0.305 e. The van der Waals surface area contributed by atoms with Crippen molar-refractivity contribution in [1.82, 2.24) is 20.4 Å². The third-order valence-electron chi connectivity index (χ3n) is 6.11. The van der Waals surface area contributed by atoms with Crippen molar-refractivity contribution in [2.24, 2.45) is 5.92 Å². The second-order valence-corrected chi connectivity index (χ2v) is 8.90. The molecule has 3 amide bonds. The van der Waals surface area contributed by atoms with Gasteiger partial charge in [-0.1, -0.05) is 5.16 Å². The van der Waals surface area contributed by atoms with Crippen LogP contribution in [-0.2, 0) is 19.1 Å². The topological polar surface area (TPSA) is 162 Å². The molecule has 38 heavy (non-hydrogen) atoms. The van der Waals surface area contributed by atoms with Gasteiger partial charge in [-0.05, 0) is 45.2 Å². The van der Waals surface area contributed by atoms with Gasteiger partial charge in [0, 0.05) is 43.6 Å². The third-order valence-corrected chi connectivity index (χ3v) is 6.11. The van der Waals surface area contributed by atoms with E-state index in [1.807, 2.05) is 0 Å². The van der Waals surface area contributed by atoms with Crippen molar-refractivity contribution in [3.05, 3.63) is 46.2 Å². The van der Waals surface area contributed by atoms with Crippen molar-refractivity contribution < 1.29 is 28.4 Å². The Balaban J connectivity index is 1.79. The highest BCUT2D eigenvalue weighted by Crippen LogP contribution is 2.20. The molecular weight excluding hydrogens is 494 g/mol. The van der Waals surface area contributed by atoms with E-state index < -0.39 is 35.4 Å². The second-order valence-electron chi connectivity index (χ2n) is 8.90. The molecule has 0 unspecified atom stereocenters. The van der Waals surface area contributed by atoms with Crippen LogP contribution >= 0.6 is 0 Å². The molecule has 0 aliphatic carbocycles. The standard InChI is InChI=1S/C26H31N5O7/c1-4-7-21(31-13-6-8-19(26(31)36)29-24(34)20-14-16(3)38-30-20)25(35)28-18(9-10-22(32)37-5-2)15-17-11-12-27-23(17)33/h1,6,8,13-14,17-18,21H,5,7,9-12,15H2,2-3H3,(H,27,33)(H,28,35)(H,29,34)/t17-,18+,21-/m0/s1. The zero-order chi connectivity index (χ0) is 27.7. The number of nitrogens with zero attached hydrogens (tertiary/aromatic N) is 2. The fourth-order valence-corrected chi connectivity index (χ4v) is 4.22. The normalized spacial score (nSPS) is 16.1. The highest BCUT2D eigenvalue weighted by molar-refractivity contribution is 6.02. The summed E-state index contributed by atoms with van der Waals surface area (Å²) in [6.45, 7) is 4.10. The number of terminal acetylenes is 1. The van der Waals surface area contributed by atoms with E-state index in [-0.39, 0.29) is 49.1 Å². The number of aryl methyl sites for hydroxylation is 1. The van der Waals surface area contributed by atoms with E-state index in [2.05, 4.69) is 27.0 Å². The lowest BCUT2D eigenvalue weighted by atomic mass is 9.95. The van der Waals surface area contributed by atoms with Crippen molar-refractivity contribution in [3.8, 4) is 12.3 Å². The zero-order valence-corrected chi connectivity index (χ0v) is 21.3. The minimum Gasteiger partial charge on any atom is -0.466 e. The molecule has 0 spiro atoms. The molecular formula is C26H31N5O7. The molecule has 3 N–H and O–H groups in total. The Hall–Kier alpha value is -4.40. The summed E-state index contributed by atoms with van der Waals surface area (Å²) in [6.07, 6.45) is 8.04. The van der Waals surface area contributed by atoms with Crippen LogP contribution in [0.3, 0.4) is 0 Å². The minimum absolute atomic E-state index is 0.00406. The average molecular weight is 526 g/mol. The number of carbonyl (C=O) groups excluding carboxylic acids is 4. The lowest BCUT2D eigenvalue weighted by molar-refractivity contribution is -0.143. The number of carbonyl (C=O) groups is 4. The largest absolute Gasteiger partial charge is 0.466 e. The number of ether oxygens (including phenoxy) is 1. The molecule has 0 saturated carbocycles. The predicted octanol–water partition coefficient (Wildman–Crippen LogP) is 1.32. The van der Waals surface area contributed by atoms with E-state index in [1.165, 1.54) is 24.4 Å². The Bertz CT molecular complexity index is 1280. The number of esters is 1. The van der Waals surface area contributed by atoms with Crippen LogP contribution in [0.1, 0.15) is 61.3 Å². The van der Waals surface area contributed by atoms with Gasteiger partial charge >= 0.3 is 5.97 Å². The molecule has 12 nitrogen and oxygen atoms in total. The summed E-state index contributed by atoms with van der Waals surface area (Å²) in [4.78, 5) is 63.1. The summed E-state index contributed by atoms with van der Waals surface area (Å²) < 4.78 is 11.0. The fourth-order valence-electron chi connectivity index (χ4n) is 4.22. The molecule has 12 heteroatoms. The maximum absolute atomic E-state index is 13.4. The molecule has 2 aromatic rings. The van der Waals surface area contributed by atoms with Gasteiger partial charge < -0.3 is 29.8 Å². The molecule has 0 radical (unpaired) electrons. The van der Waals surface area contributed by atoms with Gasteiger partial charge in [0.05, 0.1) is 6.61 Å². The summed E-state index contributed by atoms with van der Waals surface area (Å²) in [7, 11) is 0. The summed E-state index contributed by atoms with van der Waals surface area (Å²) in [5.41, 5.74) is -0.722. The van der Waals surface area contributed by atoms with E-state index in [1.54, 1.807) is 13.8 Å². The van der Waals surface area contributed by atoms with E-state index in [9.17, 15) is 24.0 Å². The quantitative estimate of drug-likeness (QED) is 0.276. The average Bonchev–Trinajstić information content (AvgIpc) is 3.50. The number of nitrogens with one attached hydrogen (secondary N) is 3. The van der Waals surface area contributed by atoms with Crippen LogP contribution in [0.2, 0.25) is 0 Å². The van der Waals surface area contributed by atoms with Gasteiger partial charge in [0.15, 0.2) is 5.69 Å². The van der Waals surface area contributed by atoms with Crippen molar-refractivity contribution in [2.45, 2.75) is 58.0 Å². The van der Waals surface area contributed by atoms with Crippen LogP contribution in [0.4, 0.5) is 5.69 Å². The summed E-state index contributed by atoms with van der Waals surface area (Å²) >= 11 is 0. The van der Waals surface area contributed by atoms with E-state index >= 15 is 0 Å². The zero-order valence-electron chi connectivity index (χ0n) is 21.3. The highest BCUT2D eigenvalue weighted by atomic mass is 16.5. The summed E-state index contributed by atoms with van der Waals surface area (Å²) in [5.74, 6) is 0.816. The molecule has 202 valence electrons. The van der Waals surface area contributed by atoms with Gasteiger partial charge in [0.2, 0.25) is 11.8 Å². The molecule has 1 aliphatic rings. The fraction of sp³-hybridized carbons (Fsp3) is 0.462. The van der Waals surface area contributed by atoms with Gasteiger partial charge in [0.1, 0.15) is 17.5 Å². The van der Waals surface area contributed by atoms with Gasteiger partial charge in [-0.15, -0.1) is 12.3 Å². The number of rotatable bonds is 12. The van der Waals surface area contributed by atoms with Crippen molar-refractivity contribution >= 4 is 29.4 Å². The molecule has 2 aromatic heterocycles. The SMILES string of the molecule is C#CC[C@@H](C(=O)N[C@H](CCC(=O)OCC)C[C@@H]1CCNC1=O)n1cccc(NC(=O)c2cc(C)on2)c1=O. The Kier molecular flexibility index (Phi) is 9.81. The molecule has 1 saturated heterocycles. The van der Waals surface area contributed by atoms with Crippen LogP contribution in [0, 0.1) is 25.2 Å². The molecule has 1 aliphatic heterocycles. The first-order valence-corrected chi connectivity index (χ1v) is 12.4. The van der Waals surface area contributed by atoms with Gasteiger partial charge in [-0.3, -0.25) is 24.0 Å². The van der Waals surface area contributed by atoms with Crippen molar-refractivity contribution in [3.63, 3.8) is 0 Å². The Morgan fingerprint density at radius 1 is 1.37 bits per heavy atom. The predicted molar refractivity (Wildman–Crippen MR) is 136 cm³/mol. The maximum Gasteiger partial charge on any atom is 0.305 e. The lowest BCUT2D eigenvalue weighted by Gasteiger charge is -2.24. The van der Waals surface area contributed by atoms with E-state index in [0.717, 1.165) is 4.57 Å². The minimum atomic E-state index is -1.10. The van der Waals surface area contributed by atoms with Gasteiger partial charge in [-0.2, -0.15) is 0 Å². The first-order valence-electron chi connectivity index (χ1n) is 12.4. The summed E-state index contributed by atoms with van der Waals surface area (Å²) in [5, 5.41) is 11.7. The summed E-state index contributed by atoms with van der Waals surface area (Å²) in [6, 6.07) is 2.70. The maximum atomic E-state index is 13.4. The van der Waals surface area contributed by atoms with Crippen molar-refractivity contribution in [1.29, 1.82) is 0 Å². The number of pyridine rings is 1. The molecule has 0 bridgehead atoms. The van der Waals surface area contributed by atoms with Crippen LogP contribution < -0.4 is 21.5 Å². The Morgan fingerprint density at radius 2 is 2.16 bits per heavy atom. The monoisotopic (exact) mass is 525 g/mol. The Labute approximate surface area is 219 Å². The first kappa shape index (κ1) is 28.2. The molecule has 1 fully saturated rings.